The molecule has 0 aliphatic heterocycles. The Morgan fingerprint density at radius 1 is 0.923 bits per heavy atom. The number of aryl methyl sites for hydroxylation is 2. The number of benzene rings is 3. The first-order valence-corrected chi connectivity index (χ1v) is 14.9. The molecule has 0 aliphatic carbocycles. The molecule has 0 saturated carbocycles. The third-order valence-electron chi connectivity index (χ3n) is 6.37. The Morgan fingerprint density at radius 3 is 2.18 bits per heavy atom. The van der Waals surface area contributed by atoms with Crippen molar-refractivity contribution in [3.8, 4) is 0 Å². The van der Waals surface area contributed by atoms with Gasteiger partial charge in [-0.25, -0.2) is 8.42 Å². The van der Waals surface area contributed by atoms with E-state index >= 15 is 0 Å². The van der Waals surface area contributed by atoms with Crippen LogP contribution in [0.2, 0.25) is 5.02 Å². The van der Waals surface area contributed by atoms with Crippen molar-refractivity contribution in [1.29, 1.82) is 0 Å². The number of halogens is 1. The normalized spacial score (nSPS) is 12.0. The summed E-state index contributed by atoms with van der Waals surface area (Å²) in [6.45, 7) is 7.84. The van der Waals surface area contributed by atoms with E-state index in [1.54, 1.807) is 24.3 Å². The van der Waals surface area contributed by atoms with Gasteiger partial charge in [-0.3, -0.25) is 13.9 Å². The number of hydrogen-bond acceptors (Lipinski definition) is 4. The predicted octanol–water partition coefficient (Wildman–Crippen LogP) is 5.49. The van der Waals surface area contributed by atoms with Crippen LogP contribution < -0.4 is 9.62 Å². The molecule has 0 aliphatic rings. The summed E-state index contributed by atoms with van der Waals surface area (Å²) in [5.41, 5.74) is 3.18. The Hall–Kier alpha value is -3.36. The summed E-state index contributed by atoms with van der Waals surface area (Å²) in [5, 5.41) is 3.29. The minimum absolute atomic E-state index is 0.0123. The van der Waals surface area contributed by atoms with Crippen molar-refractivity contribution in [3.05, 3.63) is 94.5 Å². The highest BCUT2D eigenvalue weighted by Crippen LogP contribution is 2.26. The molecule has 9 heteroatoms. The van der Waals surface area contributed by atoms with Gasteiger partial charge in [-0.05, 0) is 68.7 Å². The molecule has 3 aromatic rings. The standard InChI is InChI=1S/C30H36ClN3O4S/c1-5-18-32-30(36)28(6-2)33(20-24-9-7-8-23(4)19-24)29(35)21-34(26-14-10-22(3)11-15-26)39(37,38)27-16-12-25(31)13-17-27/h7-17,19,28H,5-6,18,20-21H2,1-4H3,(H,32,36)/t28-/m1/s1. The second kappa shape index (κ2) is 13.6. The van der Waals surface area contributed by atoms with Gasteiger partial charge < -0.3 is 10.2 Å². The molecule has 3 aromatic carbocycles. The maximum absolute atomic E-state index is 14.0. The molecule has 1 N–H and O–H groups in total. The molecule has 208 valence electrons. The van der Waals surface area contributed by atoms with Gasteiger partial charge in [0, 0.05) is 18.1 Å². The summed E-state index contributed by atoms with van der Waals surface area (Å²) in [6, 6.07) is 19.7. The number of sulfonamides is 1. The van der Waals surface area contributed by atoms with Crippen LogP contribution in [0.25, 0.3) is 0 Å². The minimum Gasteiger partial charge on any atom is -0.354 e. The topological polar surface area (TPSA) is 86.8 Å². The summed E-state index contributed by atoms with van der Waals surface area (Å²) in [4.78, 5) is 28.6. The van der Waals surface area contributed by atoms with E-state index in [4.69, 9.17) is 11.6 Å². The molecule has 7 nitrogen and oxygen atoms in total. The molecule has 0 unspecified atom stereocenters. The lowest BCUT2D eigenvalue weighted by atomic mass is 10.1. The van der Waals surface area contributed by atoms with Gasteiger partial charge in [-0.1, -0.05) is 73.0 Å². The summed E-state index contributed by atoms with van der Waals surface area (Å²) >= 11 is 6.00. The first kappa shape index (κ1) is 30.2. The van der Waals surface area contributed by atoms with Crippen LogP contribution in [-0.2, 0) is 26.2 Å². The maximum atomic E-state index is 14.0. The highest BCUT2D eigenvalue weighted by atomic mass is 35.5. The summed E-state index contributed by atoms with van der Waals surface area (Å²) < 4.78 is 28.8. The Balaban J connectivity index is 2.04. The largest absolute Gasteiger partial charge is 0.354 e. The second-order valence-electron chi connectivity index (χ2n) is 9.53. The molecule has 0 radical (unpaired) electrons. The molecule has 0 spiro atoms. The highest BCUT2D eigenvalue weighted by molar-refractivity contribution is 7.92. The fourth-order valence-corrected chi connectivity index (χ4v) is 5.81. The number of hydrogen-bond donors (Lipinski definition) is 1. The monoisotopic (exact) mass is 569 g/mol. The lowest BCUT2D eigenvalue weighted by Crippen LogP contribution is -2.52. The van der Waals surface area contributed by atoms with Gasteiger partial charge in [0.15, 0.2) is 0 Å². The molecule has 39 heavy (non-hydrogen) atoms. The zero-order chi connectivity index (χ0) is 28.6. The lowest BCUT2D eigenvalue weighted by molar-refractivity contribution is -0.140. The first-order valence-electron chi connectivity index (χ1n) is 13.0. The third-order valence-corrected chi connectivity index (χ3v) is 8.41. The maximum Gasteiger partial charge on any atom is 0.264 e. The van der Waals surface area contributed by atoms with Gasteiger partial charge in [0.1, 0.15) is 12.6 Å². The van der Waals surface area contributed by atoms with Crippen LogP contribution in [0.1, 0.15) is 43.4 Å². The van der Waals surface area contributed by atoms with Crippen molar-refractivity contribution >= 4 is 39.1 Å². The zero-order valence-corrected chi connectivity index (χ0v) is 24.4. The summed E-state index contributed by atoms with van der Waals surface area (Å²) in [7, 11) is -4.13. The van der Waals surface area contributed by atoms with Gasteiger partial charge in [0.2, 0.25) is 11.8 Å². The summed E-state index contributed by atoms with van der Waals surface area (Å²) in [6.07, 6.45) is 1.14. The molecule has 0 bridgehead atoms. The number of carbonyl (C=O) groups is 2. The van der Waals surface area contributed by atoms with Crippen molar-refractivity contribution in [1.82, 2.24) is 10.2 Å². The molecule has 0 saturated heterocycles. The van der Waals surface area contributed by atoms with Crippen LogP contribution in [0.4, 0.5) is 5.69 Å². The lowest BCUT2D eigenvalue weighted by Gasteiger charge is -2.33. The molecule has 0 aromatic heterocycles. The van der Waals surface area contributed by atoms with Crippen molar-refractivity contribution in [2.75, 3.05) is 17.4 Å². The van der Waals surface area contributed by atoms with Gasteiger partial charge in [-0.15, -0.1) is 0 Å². The number of rotatable bonds is 12. The van der Waals surface area contributed by atoms with Crippen LogP contribution in [0, 0.1) is 13.8 Å². The molecular weight excluding hydrogens is 534 g/mol. The van der Waals surface area contributed by atoms with Gasteiger partial charge in [0.05, 0.1) is 10.6 Å². The Kier molecular flexibility index (Phi) is 10.5. The van der Waals surface area contributed by atoms with E-state index in [1.165, 1.54) is 29.2 Å². The van der Waals surface area contributed by atoms with E-state index in [2.05, 4.69) is 5.32 Å². The number of carbonyl (C=O) groups excluding carboxylic acids is 2. The SMILES string of the molecule is CCCNC(=O)[C@@H](CC)N(Cc1cccc(C)c1)C(=O)CN(c1ccc(C)cc1)S(=O)(=O)c1ccc(Cl)cc1. The first-order chi connectivity index (χ1) is 18.6. The zero-order valence-electron chi connectivity index (χ0n) is 22.9. The van der Waals surface area contributed by atoms with Gasteiger partial charge in [-0.2, -0.15) is 0 Å². The fraction of sp³-hybridized carbons (Fsp3) is 0.333. The fourth-order valence-electron chi connectivity index (χ4n) is 4.27. The van der Waals surface area contributed by atoms with Crippen LogP contribution in [0.5, 0.6) is 0 Å². The van der Waals surface area contributed by atoms with E-state index in [1.807, 2.05) is 52.0 Å². The number of anilines is 1. The quantitative estimate of drug-likeness (QED) is 0.313. The van der Waals surface area contributed by atoms with E-state index < -0.39 is 28.5 Å². The minimum atomic E-state index is -4.13. The number of nitrogens with one attached hydrogen (secondary N) is 1. The molecule has 2 amide bonds. The van der Waals surface area contributed by atoms with Crippen LogP contribution >= 0.6 is 11.6 Å². The number of nitrogens with zero attached hydrogens (tertiary/aromatic N) is 2. The predicted molar refractivity (Wildman–Crippen MR) is 156 cm³/mol. The second-order valence-corrected chi connectivity index (χ2v) is 11.8. The highest BCUT2D eigenvalue weighted by Gasteiger charge is 2.33. The summed E-state index contributed by atoms with van der Waals surface area (Å²) in [5.74, 6) is -0.740. The van der Waals surface area contributed by atoms with E-state index in [9.17, 15) is 18.0 Å². The van der Waals surface area contributed by atoms with E-state index in [0.29, 0.717) is 23.7 Å². The Bertz CT molecular complexity index is 1380. The molecule has 0 fully saturated rings. The van der Waals surface area contributed by atoms with Crippen molar-refractivity contribution in [2.24, 2.45) is 0 Å². The average Bonchev–Trinajstić information content (AvgIpc) is 2.91. The van der Waals surface area contributed by atoms with Crippen molar-refractivity contribution in [3.63, 3.8) is 0 Å². The smallest absolute Gasteiger partial charge is 0.264 e. The van der Waals surface area contributed by atoms with Crippen LogP contribution in [0.15, 0.2) is 77.7 Å². The third kappa shape index (κ3) is 7.83. The van der Waals surface area contributed by atoms with Crippen LogP contribution in [-0.4, -0.2) is 44.3 Å². The molecular formula is C30H36ClN3O4S. The molecule has 3 rings (SSSR count). The average molecular weight is 570 g/mol. The van der Waals surface area contributed by atoms with E-state index in [0.717, 1.165) is 27.4 Å². The van der Waals surface area contributed by atoms with Gasteiger partial charge >= 0.3 is 0 Å². The Labute approximate surface area is 236 Å². The molecule has 1 atom stereocenters. The molecule has 0 heterocycles. The number of amides is 2. The van der Waals surface area contributed by atoms with E-state index in [-0.39, 0.29) is 17.3 Å². The van der Waals surface area contributed by atoms with Crippen LogP contribution in [0.3, 0.4) is 0 Å². The van der Waals surface area contributed by atoms with Gasteiger partial charge in [0.25, 0.3) is 10.0 Å². The van der Waals surface area contributed by atoms with Crippen molar-refractivity contribution in [2.45, 2.75) is 58.0 Å². The van der Waals surface area contributed by atoms with Crippen molar-refractivity contribution < 1.29 is 18.0 Å². The Morgan fingerprint density at radius 2 is 1.59 bits per heavy atom.